The molecule has 1 N–H and O–H groups in total. The minimum absolute atomic E-state index is 0.141. The van der Waals surface area contributed by atoms with E-state index in [2.05, 4.69) is 0 Å². The van der Waals surface area contributed by atoms with Crippen LogP contribution < -0.4 is 0 Å². The Morgan fingerprint density at radius 3 is 2.79 bits per heavy atom. The summed E-state index contributed by atoms with van der Waals surface area (Å²) in [6.45, 7) is 2.24. The van der Waals surface area contributed by atoms with Crippen LogP contribution in [-0.4, -0.2) is 37.0 Å². The first-order valence-corrected chi connectivity index (χ1v) is 7.58. The zero-order valence-electron chi connectivity index (χ0n) is 10.7. The van der Waals surface area contributed by atoms with Crippen molar-refractivity contribution < 1.29 is 13.5 Å². The van der Waals surface area contributed by atoms with Crippen LogP contribution in [0, 0.1) is 18.3 Å². The molecule has 0 bridgehead atoms. The lowest BCUT2D eigenvalue weighted by molar-refractivity contribution is 0.108. The van der Waals surface area contributed by atoms with Crippen molar-refractivity contribution in [3.05, 3.63) is 29.3 Å². The van der Waals surface area contributed by atoms with Crippen LogP contribution in [0.2, 0.25) is 0 Å². The second-order valence-corrected chi connectivity index (χ2v) is 6.66. The predicted octanol–water partition coefficient (Wildman–Crippen LogP) is 1.01. The van der Waals surface area contributed by atoms with E-state index in [0.29, 0.717) is 30.5 Å². The Morgan fingerprint density at radius 2 is 2.21 bits per heavy atom. The third-order valence-electron chi connectivity index (χ3n) is 3.28. The number of piperidine rings is 1. The topological polar surface area (TPSA) is 81.4 Å². The fraction of sp³-hybridized carbons (Fsp3) is 0.462. The van der Waals surface area contributed by atoms with Crippen molar-refractivity contribution in [2.75, 3.05) is 13.1 Å². The molecule has 1 aliphatic rings. The van der Waals surface area contributed by atoms with E-state index in [-0.39, 0.29) is 11.4 Å². The van der Waals surface area contributed by atoms with Crippen LogP contribution in [0.25, 0.3) is 0 Å². The van der Waals surface area contributed by atoms with Crippen molar-refractivity contribution in [1.82, 2.24) is 4.31 Å². The average molecular weight is 280 g/mol. The van der Waals surface area contributed by atoms with Crippen molar-refractivity contribution in [2.45, 2.75) is 30.8 Å². The number of rotatable bonds is 2. The Bertz CT molecular complexity index is 619. The zero-order chi connectivity index (χ0) is 14.0. The second-order valence-electron chi connectivity index (χ2n) is 4.75. The highest BCUT2D eigenvalue weighted by Crippen LogP contribution is 2.24. The maximum Gasteiger partial charge on any atom is 0.243 e. The summed E-state index contributed by atoms with van der Waals surface area (Å²) in [6.07, 6.45) is 0.705. The number of hydrogen-bond acceptors (Lipinski definition) is 4. The number of aryl methyl sites for hydroxylation is 1. The molecule has 0 unspecified atom stereocenters. The lowest BCUT2D eigenvalue weighted by atomic mass is 10.1. The minimum Gasteiger partial charge on any atom is -0.392 e. The molecule has 6 heteroatoms. The van der Waals surface area contributed by atoms with Gasteiger partial charge in [0.25, 0.3) is 0 Å². The minimum atomic E-state index is -3.59. The quantitative estimate of drug-likeness (QED) is 0.876. The highest BCUT2D eigenvalue weighted by molar-refractivity contribution is 7.89. The van der Waals surface area contributed by atoms with Crippen molar-refractivity contribution in [3.8, 4) is 6.07 Å². The summed E-state index contributed by atoms with van der Waals surface area (Å²) in [5.41, 5.74) is 0.995. The molecule has 5 nitrogen and oxygen atoms in total. The Hall–Kier alpha value is -1.42. The number of benzene rings is 1. The molecule has 0 amide bonds. The molecule has 0 aromatic heterocycles. The Balaban J connectivity index is 2.37. The molecule has 1 atom stereocenters. The molecule has 0 radical (unpaired) electrons. The van der Waals surface area contributed by atoms with Crippen molar-refractivity contribution in [2.24, 2.45) is 0 Å². The molecule has 1 aliphatic heterocycles. The Kier molecular flexibility index (Phi) is 3.90. The first-order chi connectivity index (χ1) is 8.95. The summed E-state index contributed by atoms with van der Waals surface area (Å²) in [6, 6.07) is 6.51. The van der Waals surface area contributed by atoms with Gasteiger partial charge in [0.15, 0.2) is 0 Å². The van der Waals surface area contributed by atoms with Gasteiger partial charge in [0.05, 0.1) is 22.6 Å². The molecule has 0 aliphatic carbocycles. The summed E-state index contributed by atoms with van der Waals surface area (Å²) in [5, 5.41) is 18.4. The van der Waals surface area contributed by atoms with Crippen molar-refractivity contribution in [3.63, 3.8) is 0 Å². The van der Waals surface area contributed by atoms with Crippen LogP contribution in [0.4, 0.5) is 0 Å². The van der Waals surface area contributed by atoms with E-state index >= 15 is 0 Å². The number of nitriles is 1. The second kappa shape index (κ2) is 5.29. The largest absolute Gasteiger partial charge is 0.392 e. The van der Waals surface area contributed by atoms with Gasteiger partial charge in [-0.25, -0.2) is 8.42 Å². The van der Waals surface area contributed by atoms with Gasteiger partial charge < -0.3 is 5.11 Å². The van der Waals surface area contributed by atoms with Gasteiger partial charge >= 0.3 is 0 Å². The molecule has 102 valence electrons. The molecule has 0 spiro atoms. The van der Waals surface area contributed by atoms with E-state index < -0.39 is 16.1 Å². The maximum absolute atomic E-state index is 12.5. The molecule has 1 aromatic rings. The number of nitrogens with zero attached hydrogens (tertiary/aromatic N) is 2. The first-order valence-electron chi connectivity index (χ1n) is 6.14. The van der Waals surface area contributed by atoms with E-state index in [1.165, 1.54) is 16.4 Å². The summed E-state index contributed by atoms with van der Waals surface area (Å²) in [4.78, 5) is 0.209. The normalized spacial score (nSPS) is 21.0. The van der Waals surface area contributed by atoms with Crippen LogP contribution in [0.3, 0.4) is 0 Å². The number of aliphatic hydroxyl groups excluding tert-OH is 1. The van der Waals surface area contributed by atoms with Gasteiger partial charge in [-0.2, -0.15) is 9.57 Å². The lowest BCUT2D eigenvalue weighted by Crippen LogP contribution is -2.42. The number of aliphatic hydroxyl groups is 1. The van der Waals surface area contributed by atoms with E-state index in [9.17, 15) is 13.5 Å². The first kappa shape index (κ1) is 14.0. The standard InChI is InChI=1S/C13H16N2O3S/c1-10-7-11(8-14)4-5-13(10)19(17,18)15-6-2-3-12(16)9-15/h4-5,7,12,16H,2-3,6,9H2,1H3/t12-/m0/s1. The molecule has 0 saturated carbocycles. The molecule has 1 aromatic carbocycles. The molecular weight excluding hydrogens is 264 g/mol. The van der Waals surface area contributed by atoms with Gasteiger partial charge in [0.1, 0.15) is 0 Å². The number of sulfonamides is 1. The van der Waals surface area contributed by atoms with Crippen LogP contribution in [0.5, 0.6) is 0 Å². The fourth-order valence-corrected chi connectivity index (χ4v) is 4.01. The Morgan fingerprint density at radius 1 is 1.47 bits per heavy atom. The van der Waals surface area contributed by atoms with Crippen LogP contribution in [-0.2, 0) is 10.0 Å². The molecule has 2 rings (SSSR count). The molecule has 1 fully saturated rings. The number of β-amino-alcohol motifs (C(OH)–C–C–N with tert-alkyl or cyclic N) is 1. The van der Waals surface area contributed by atoms with Crippen LogP contribution >= 0.6 is 0 Å². The van der Waals surface area contributed by atoms with Crippen LogP contribution in [0.15, 0.2) is 23.1 Å². The highest BCUT2D eigenvalue weighted by atomic mass is 32.2. The summed E-state index contributed by atoms with van der Waals surface area (Å²) >= 11 is 0. The van der Waals surface area contributed by atoms with Gasteiger partial charge in [-0.15, -0.1) is 0 Å². The molecule has 19 heavy (non-hydrogen) atoms. The molecule has 1 saturated heterocycles. The highest BCUT2D eigenvalue weighted by Gasteiger charge is 2.30. The molecule has 1 heterocycles. The summed E-state index contributed by atoms with van der Waals surface area (Å²) < 4.78 is 26.3. The monoisotopic (exact) mass is 280 g/mol. The zero-order valence-corrected chi connectivity index (χ0v) is 11.5. The SMILES string of the molecule is Cc1cc(C#N)ccc1S(=O)(=O)N1CCC[C@H](O)C1. The predicted molar refractivity (Wildman–Crippen MR) is 69.9 cm³/mol. The van der Waals surface area contributed by atoms with Crippen molar-refractivity contribution >= 4 is 10.0 Å². The Labute approximate surface area is 113 Å². The van der Waals surface area contributed by atoms with Gasteiger partial charge in [-0.05, 0) is 43.5 Å². The van der Waals surface area contributed by atoms with E-state index in [4.69, 9.17) is 5.26 Å². The lowest BCUT2D eigenvalue weighted by Gasteiger charge is -2.29. The van der Waals surface area contributed by atoms with Gasteiger partial charge in [0.2, 0.25) is 10.0 Å². The average Bonchev–Trinajstić information content (AvgIpc) is 2.38. The maximum atomic E-state index is 12.5. The van der Waals surface area contributed by atoms with E-state index in [0.717, 1.165) is 0 Å². The van der Waals surface area contributed by atoms with Crippen LogP contribution in [0.1, 0.15) is 24.0 Å². The van der Waals surface area contributed by atoms with Gasteiger partial charge in [0, 0.05) is 13.1 Å². The number of hydrogen-bond donors (Lipinski definition) is 1. The van der Waals surface area contributed by atoms with Crippen molar-refractivity contribution in [1.29, 1.82) is 5.26 Å². The third-order valence-corrected chi connectivity index (χ3v) is 5.31. The smallest absolute Gasteiger partial charge is 0.243 e. The fourth-order valence-electron chi connectivity index (χ4n) is 2.29. The third kappa shape index (κ3) is 2.78. The summed E-state index contributed by atoms with van der Waals surface area (Å²) in [7, 11) is -3.59. The van der Waals surface area contributed by atoms with Gasteiger partial charge in [-0.3, -0.25) is 0 Å². The van der Waals surface area contributed by atoms with E-state index in [1.807, 2.05) is 6.07 Å². The van der Waals surface area contributed by atoms with E-state index in [1.54, 1.807) is 13.0 Å². The summed E-state index contributed by atoms with van der Waals surface area (Å²) in [5.74, 6) is 0. The molecular formula is C13H16N2O3S. The van der Waals surface area contributed by atoms with Gasteiger partial charge in [-0.1, -0.05) is 0 Å².